The number of methoxy groups -OCH3 is 7. The largest absolute Gasteiger partial charge is 0.469 e. The maximum atomic E-state index is 15.5. The van der Waals surface area contributed by atoms with E-state index in [2.05, 4.69) is 31.9 Å². The van der Waals surface area contributed by atoms with Crippen molar-refractivity contribution in [2.24, 2.45) is 0 Å². The van der Waals surface area contributed by atoms with E-state index in [1.54, 1.807) is 104 Å². The third-order valence-corrected chi connectivity index (χ3v) is 22.0. The summed E-state index contributed by atoms with van der Waals surface area (Å²) in [7, 11) is 9.88. The molecule has 12 rings (SSSR count). The molecule has 12 saturated heterocycles. The zero-order chi connectivity index (χ0) is 82.9. The Morgan fingerprint density at radius 3 is 0.711 bits per heavy atom. The van der Waals surface area contributed by atoms with E-state index >= 15 is 14.4 Å². The Balaban J connectivity index is 0.800. The van der Waals surface area contributed by atoms with Gasteiger partial charge in [0.05, 0.1) is 43.4 Å². The second-order valence-electron chi connectivity index (χ2n) is 34.5. The lowest BCUT2D eigenvalue weighted by molar-refractivity contribution is -0.231. The first kappa shape index (κ1) is 88.4. The Bertz CT molecular complexity index is 3400. The molecule has 0 aromatic heterocycles. The Hall–Kier alpha value is -4.87. The van der Waals surface area contributed by atoms with E-state index in [0.717, 1.165) is 0 Å². The van der Waals surface area contributed by atoms with Gasteiger partial charge in [-0.1, -0.05) is 0 Å². The molecule has 0 bridgehead atoms. The molecule has 1 unspecified atom stereocenters. The van der Waals surface area contributed by atoms with Gasteiger partial charge in [0, 0.05) is 81.2 Å². The maximum absolute atomic E-state index is 15.5. The molecule has 0 aromatic rings. The minimum atomic E-state index is -1.23. The average Bonchev–Trinajstić information content (AvgIpc) is 1.64. The van der Waals surface area contributed by atoms with Gasteiger partial charge in [0.2, 0.25) is 29.5 Å². The quantitative estimate of drug-likeness (QED) is 0.0505. The molecule has 6 amide bonds. The van der Waals surface area contributed by atoms with E-state index in [1.807, 2.05) is 0 Å². The van der Waals surface area contributed by atoms with E-state index in [4.69, 9.17) is 123 Å². The topological polar surface area (TPSA) is 432 Å². The number of fused-ring (bicyclic) bond motifs is 6. The number of carbonyl (C=O) groups is 7. The number of rotatable bonds is 33. The molecule has 0 aliphatic carbocycles. The van der Waals surface area contributed by atoms with Crippen LogP contribution in [0.1, 0.15) is 162 Å². The van der Waals surface area contributed by atoms with Crippen LogP contribution in [0.4, 0.5) is 4.79 Å². The van der Waals surface area contributed by atoms with Crippen molar-refractivity contribution in [3.8, 4) is 0 Å². The fraction of sp³-hybridized carbons (Fsp3) is 0.907. The monoisotopic (exact) mass is 1630 g/mol. The van der Waals surface area contributed by atoms with Crippen molar-refractivity contribution >= 4 is 41.6 Å². The van der Waals surface area contributed by atoms with Gasteiger partial charge in [-0.05, 0) is 123 Å². The molecular weight excluding hydrogens is 1510 g/mol. The smallest absolute Gasteiger partial charge is 0.407 e. The number of hydrogen-bond acceptors (Lipinski definition) is 33. The number of hydrogen-bond donors (Lipinski definition) is 6. The summed E-state index contributed by atoms with van der Waals surface area (Å²) in [4.78, 5) is 102. The zero-order valence-corrected chi connectivity index (χ0v) is 69.2. The van der Waals surface area contributed by atoms with Crippen molar-refractivity contribution in [1.29, 1.82) is 0 Å². The molecule has 12 aliphatic heterocycles. The predicted molar refractivity (Wildman–Crippen MR) is 383 cm³/mol. The third kappa shape index (κ3) is 20.1. The zero-order valence-electron chi connectivity index (χ0n) is 69.2. The van der Waals surface area contributed by atoms with Crippen molar-refractivity contribution in [3.05, 3.63) is 0 Å². The molecule has 0 spiro atoms. The second-order valence-corrected chi connectivity index (χ2v) is 34.5. The second kappa shape index (κ2) is 34.7. The van der Waals surface area contributed by atoms with Crippen LogP contribution in [0.25, 0.3) is 0 Å². The molecule has 12 heterocycles. The maximum Gasteiger partial charge on any atom is 0.407 e. The molecule has 39 heteroatoms. The van der Waals surface area contributed by atoms with Crippen molar-refractivity contribution in [2.45, 2.75) is 386 Å². The van der Waals surface area contributed by atoms with E-state index in [-0.39, 0.29) is 38.5 Å². The number of nitrogens with one attached hydrogen (secondary N) is 6. The molecule has 30 atom stereocenters. The van der Waals surface area contributed by atoms with E-state index < -0.39 is 285 Å². The van der Waals surface area contributed by atoms with Crippen LogP contribution in [-0.2, 0) is 152 Å². The molecule has 12 aliphatic rings. The van der Waals surface area contributed by atoms with Gasteiger partial charge in [-0.25, -0.2) is 4.79 Å². The highest BCUT2D eigenvalue weighted by atomic mass is 16.8. The first-order valence-corrected chi connectivity index (χ1v) is 39.2. The molecule has 6 N–H and O–H groups in total. The number of alkyl carbamates (subject to hydrolysis) is 1. The van der Waals surface area contributed by atoms with Crippen LogP contribution >= 0.6 is 0 Å². The summed E-state index contributed by atoms with van der Waals surface area (Å²) in [6.07, 6.45) is -25.0. The summed E-state index contributed by atoms with van der Waals surface area (Å²) in [6, 6.07) is -6.56. The lowest BCUT2D eigenvalue weighted by Crippen LogP contribution is -2.55. The van der Waals surface area contributed by atoms with Crippen molar-refractivity contribution in [3.63, 3.8) is 0 Å². The van der Waals surface area contributed by atoms with Crippen LogP contribution in [0.15, 0.2) is 0 Å². The summed E-state index contributed by atoms with van der Waals surface area (Å²) in [5.74, 6) is -10.4. The molecule has 12 fully saturated rings. The fourth-order valence-electron chi connectivity index (χ4n) is 17.7. The molecular formula is C75H120N6O33. The average molecular weight is 1630 g/mol. The van der Waals surface area contributed by atoms with Crippen LogP contribution in [0.5, 0.6) is 0 Å². The highest BCUT2D eigenvalue weighted by Gasteiger charge is 2.65. The summed E-state index contributed by atoms with van der Waals surface area (Å²) in [5.41, 5.74) is -0.936. The predicted octanol–water partition coefficient (Wildman–Crippen LogP) is 1.34. The van der Waals surface area contributed by atoms with Crippen LogP contribution in [0, 0.1) is 0 Å². The first-order chi connectivity index (χ1) is 53.4. The molecule has 0 saturated carbocycles. The van der Waals surface area contributed by atoms with Gasteiger partial charge in [-0.3, -0.25) is 28.8 Å². The first-order valence-electron chi connectivity index (χ1n) is 39.2. The van der Waals surface area contributed by atoms with Gasteiger partial charge in [0.1, 0.15) is 115 Å². The summed E-state index contributed by atoms with van der Waals surface area (Å²) < 4.78 is 160. The summed E-state index contributed by atoms with van der Waals surface area (Å²) in [6.45, 7) is 25.8. The van der Waals surface area contributed by atoms with Gasteiger partial charge < -0.3 is 155 Å². The van der Waals surface area contributed by atoms with Crippen LogP contribution < -0.4 is 31.9 Å². The molecule has 648 valence electrons. The minimum Gasteiger partial charge on any atom is -0.469 e. The highest BCUT2D eigenvalue weighted by molar-refractivity contribution is 5.82. The lowest BCUT2D eigenvalue weighted by atomic mass is 9.96. The number of ether oxygens (including phenoxy) is 26. The third-order valence-electron chi connectivity index (χ3n) is 22.0. The molecule has 39 nitrogen and oxygen atoms in total. The van der Waals surface area contributed by atoms with Gasteiger partial charge in [-0.15, -0.1) is 0 Å². The van der Waals surface area contributed by atoms with Crippen LogP contribution in [0.2, 0.25) is 0 Å². The Morgan fingerprint density at radius 1 is 0.289 bits per heavy atom. The van der Waals surface area contributed by atoms with E-state index in [0.29, 0.717) is 0 Å². The van der Waals surface area contributed by atoms with Crippen molar-refractivity contribution < 1.29 is 157 Å². The van der Waals surface area contributed by atoms with Crippen molar-refractivity contribution in [1.82, 2.24) is 31.9 Å². The Morgan fingerprint density at radius 2 is 0.491 bits per heavy atom. The van der Waals surface area contributed by atoms with Gasteiger partial charge in [0.15, 0.2) is 72.5 Å². The van der Waals surface area contributed by atoms with Crippen LogP contribution in [-0.4, -0.2) is 316 Å². The van der Waals surface area contributed by atoms with Gasteiger partial charge >= 0.3 is 12.1 Å². The fourth-order valence-corrected chi connectivity index (χ4v) is 17.7. The molecule has 114 heavy (non-hydrogen) atoms. The molecule has 0 aromatic carbocycles. The standard InChI is InChI=1S/C75H120N6O33/c1-69(2,3)114-68(88)81-37(49-55-61(67(95-22)101-49)113-75(14,15)107-55)31-42(86)77-33(45-51-57(63(91-18)97-45)109-71(6,7)103-51)24-27-39(83)79-35(47-53-59(65(93-20)99-47)111-73(10,11)105-53)29-40(84)76-32(44-50-56(62(90-17)96-44)108-70(4,5)102-50)23-26-38(82)80-36(48-54-60(66(94-21)100-48)112-74(12,13)106-54)30-41(85)78-34(25-28-43(87)89-16)46-52-58(64(92-19)98-46)110-72(8,9)104-52/h32-37,44-67H,23-31H2,1-22H3,(H,76,84)(H,77,86)(H,78,85)(H,79,83)(H,80,82)(H,81,88)/t32-,33-,34-,35-,36?,37-,44+,45+,46+,47+,48+,49+,50-,51-,52-,53-,54-,55-,56-,57-,58-,59-,60-,61-,62-,63-,64-,65-,66-,67-/m0/s1. The normalized spacial score (nSPS) is 38.8. The number of esters is 1. The SMILES string of the molecule is COC(=O)CC[C@H](NC(=O)CC(NC(=O)CC[C@H](NC(=O)C[C@H](NC(=O)CC[C@H](NC(=O)C[C@H](NC(=O)OC(C)(C)C)[C@H]1O[C@H](OC)[C@H]2OC(C)(C)O[C@H]21)[C@H]1O[C@H](OC)[C@H]2OC(C)(C)O[C@H]21)[C@H]1O[C@H](OC)[C@H]2OC(C)(C)O[C@H]21)[C@H]1O[C@H](OC)[C@H]2OC(C)(C)O[C@H]21)[C@H]1O[C@H](OC)[C@H]2OC(C)(C)O[C@H]21)[C@H]1O[C@H](OC)[C@H]2OC(C)(C)O[C@H]21. The lowest BCUT2D eigenvalue weighted by Gasteiger charge is -2.33. The summed E-state index contributed by atoms with van der Waals surface area (Å²) >= 11 is 0. The highest BCUT2D eigenvalue weighted by Crippen LogP contribution is 2.48. The number of carbonyl (C=O) groups excluding carboxylic acids is 7. The Labute approximate surface area is 663 Å². The van der Waals surface area contributed by atoms with Crippen LogP contribution in [0.3, 0.4) is 0 Å². The van der Waals surface area contributed by atoms with Crippen molar-refractivity contribution in [2.75, 3.05) is 49.8 Å². The van der Waals surface area contributed by atoms with Gasteiger partial charge in [0.25, 0.3) is 0 Å². The van der Waals surface area contributed by atoms with E-state index in [1.165, 1.54) is 49.8 Å². The molecule has 0 radical (unpaired) electrons. The number of amides is 6. The Kier molecular flexibility index (Phi) is 26.9. The van der Waals surface area contributed by atoms with E-state index in [9.17, 15) is 19.2 Å². The minimum absolute atomic E-state index is 0.0397. The summed E-state index contributed by atoms with van der Waals surface area (Å²) in [5, 5.41) is 18.2. The van der Waals surface area contributed by atoms with Gasteiger partial charge in [-0.2, -0.15) is 0 Å².